The van der Waals surface area contributed by atoms with Crippen LogP contribution in [0.1, 0.15) is 48.2 Å². The second-order valence-electron chi connectivity index (χ2n) is 7.65. The van der Waals surface area contributed by atoms with Crippen LogP contribution in [0.5, 0.6) is 5.75 Å². The second kappa shape index (κ2) is 13.4. The van der Waals surface area contributed by atoms with Crippen molar-refractivity contribution in [2.24, 2.45) is 0 Å². The molecule has 170 valence electrons. The van der Waals surface area contributed by atoms with E-state index in [4.69, 9.17) is 14.6 Å². The van der Waals surface area contributed by atoms with E-state index >= 15 is 0 Å². The fourth-order valence-electron chi connectivity index (χ4n) is 3.74. The van der Waals surface area contributed by atoms with Crippen LogP contribution in [0.25, 0.3) is 10.8 Å². The number of benzene rings is 2. The zero-order chi connectivity index (χ0) is 22.7. The van der Waals surface area contributed by atoms with Crippen LogP contribution in [0, 0.1) is 0 Å². The van der Waals surface area contributed by atoms with Gasteiger partial charge in [0.25, 0.3) is 0 Å². The van der Waals surface area contributed by atoms with Gasteiger partial charge in [0.2, 0.25) is 0 Å². The van der Waals surface area contributed by atoms with Gasteiger partial charge in [-0.2, -0.15) is 0 Å². The summed E-state index contributed by atoms with van der Waals surface area (Å²) in [7, 11) is 0. The predicted molar refractivity (Wildman–Crippen MR) is 121 cm³/mol. The summed E-state index contributed by atoms with van der Waals surface area (Å²) < 4.78 is 11.7. The van der Waals surface area contributed by atoms with E-state index in [2.05, 4.69) is 0 Å². The monoisotopic (exact) mass is 480 g/mol. The number of hydrogen-bond donors (Lipinski definition) is 5. The molecular formula is C22H26Na2O9. The number of ether oxygens (including phenoxy) is 2. The van der Waals surface area contributed by atoms with Gasteiger partial charge < -0.3 is 35.0 Å². The number of fused-ring (bicyclic) bond motifs is 1. The normalized spacial score (nSPS) is 24.4. The Labute approximate surface area is 235 Å². The second-order valence-corrected chi connectivity index (χ2v) is 7.65. The van der Waals surface area contributed by atoms with Crippen LogP contribution in [0.2, 0.25) is 0 Å². The van der Waals surface area contributed by atoms with Gasteiger partial charge in [0.05, 0.1) is 18.3 Å². The van der Waals surface area contributed by atoms with Gasteiger partial charge in [-0.25, -0.2) is 4.79 Å². The Hall–Kier alpha value is -0.720. The number of carbonyl (C=O) groups is 2. The zero-order valence-electron chi connectivity index (χ0n) is 19.0. The third-order valence-corrected chi connectivity index (χ3v) is 5.45. The van der Waals surface area contributed by atoms with E-state index in [1.165, 1.54) is 12.1 Å². The molecule has 2 aromatic carbocycles. The molecule has 0 spiro atoms. The van der Waals surface area contributed by atoms with Gasteiger partial charge in [-0.3, -0.25) is 4.79 Å². The van der Waals surface area contributed by atoms with Crippen LogP contribution in [0.15, 0.2) is 30.3 Å². The first-order chi connectivity index (χ1) is 14.7. The summed E-state index contributed by atoms with van der Waals surface area (Å²) in [5.41, 5.74) is 0.521. The van der Waals surface area contributed by atoms with Crippen molar-refractivity contribution in [2.75, 3.05) is 6.61 Å². The van der Waals surface area contributed by atoms with Crippen molar-refractivity contribution in [1.29, 1.82) is 0 Å². The minimum absolute atomic E-state index is 0. The maximum atomic E-state index is 11.3. The van der Waals surface area contributed by atoms with Gasteiger partial charge in [-0.05, 0) is 48.7 Å². The van der Waals surface area contributed by atoms with Crippen molar-refractivity contribution in [3.63, 3.8) is 0 Å². The van der Waals surface area contributed by atoms with Crippen LogP contribution in [-0.2, 0) is 9.53 Å². The Morgan fingerprint density at radius 2 is 1.67 bits per heavy atom. The minimum atomic E-state index is -1.44. The molecule has 1 heterocycles. The number of aliphatic hydroxyl groups excluding tert-OH is 3. The Bertz CT molecular complexity index is 968. The molecule has 0 unspecified atom stereocenters. The number of hydrogen-bond acceptors (Lipinski definition) is 7. The van der Waals surface area contributed by atoms with Crippen molar-refractivity contribution >= 4 is 81.8 Å². The molecule has 5 atom stereocenters. The molecule has 33 heavy (non-hydrogen) atoms. The van der Waals surface area contributed by atoms with E-state index in [0.29, 0.717) is 34.9 Å². The Morgan fingerprint density at radius 1 is 0.970 bits per heavy atom. The Balaban J connectivity index is 0.00000272. The SMILES string of the molecule is C[C@@H]1O[C@H](c2c(OCCCCC(=O)O)ccc3cc(C(=O)O)ccc23)[C@@H](O)[C@H](O)[C@@H]1O.[Na].[Na]. The largest absolute Gasteiger partial charge is 0.493 e. The van der Waals surface area contributed by atoms with E-state index in [0.717, 1.165) is 0 Å². The van der Waals surface area contributed by atoms with Crippen LogP contribution in [0.3, 0.4) is 0 Å². The molecule has 0 amide bonds. The van der Waals surface area contributed by atoms with Gasteiger partial charge in [0.1, 0.15) is 30.2 Å². The Kier molecular flexibility index (Phi) is 12.3. The van der Waals surface area contributed by atoms with Gasteiger partial charge in [-0.1, -0.05) is 12.1 Å². The number of aliphatic hydroxyl groups is 3. The molecule has 0 aromatic heterocycles. The number of carboxylic acids is 2. The first-order valence-electron chi connectivity index (χ1n) is 10.0. The molecule has 1 saturated heterocycles. The fraction of sp³-hybridized carbons (Fsp3) is 0.455. The molecule has 0 bridgehead atoms. The summed E-state index contributed by atoms with van der Waals surface area (Å²) in [5.74, 6) is -1.60. The molecule has 9 nitrogen and oxygen atoms in total. The van der Waals surface area contributed by atoms with Gasteiger partial charge >= 0.3 is 11.9 Å². The standard InChI is InChI=1S/C22H26O9.2Na/c1-11-18(25)19(26)20(27)21(31-11)17-14-7-5-13(22(28)29)10-12(14)6-8-15(17)30-9-3-2-4-16(23)24;;/h5-8,10-11,18-21,25-27H,2-4,9H2,1H3,(H,23,24)(H,28,29);;/t11-,18+,19+,20-,21+;;/m0../s1. The summed E-state index contributed by atoms with van der Waals surface area (Å²) in [5, 5.41) is 50.1. The molecule has 5 N–H and O–H groups in total. The predicted octanol–water partition coefficient (Wildman–Crippen LogP) is 0.953. The van der Waals surface area contributed by atoms with Crippen molar-refractivity contribution < 1.29 is 44.6 Å². The minimum Gasteiger partial charge on any atom is -0.493 e. The number of aromatic carboxylic acids is 1. The molecule has 3 rings (SSSR count). The summed E-state index contributed by atoms with van der Waals surface area (Å²) in [6.07, 6.45) is -4.98. The molecule has 1 aliphatic heterocycles. The Morgan fingerprint density at radius 3 is 2.30 bits per heavy atom. The van der Waals surface area contributed by atoms with Crippen molar-refractivity contribution in [2.45, 2.75) is 56.7 Å². The maximum absolute atomic E-state index is 11.3. The van der Waals surface area contributed by atoms with Crippen molar-refractivity contribution in [1.82, 2.24) is 0 Å². The molecule has 2 aromatic rings. The molecule has 0 aliphatic carbocycles. The van der Waals surface area contributed by atoms with E-state index in [1.807, 2.05) is 0 Å². The first kappa shape index (κ1) is 30.3. The number of aliphatic carboxylic acids is 1. The average molecular weight is 480 g/mol. The number of unbranched alkanes of at least 4 members (excludes halogenated alkanes) is 1. The fourth-order valence-corrected chi connectivity index (χ4v) is 3.74. The van der Waals surface area contributed by atoms with Crippen LogP contribution >= 0.6 is 0 Å². The van der Waals surface area contributed by atoms with E-state index in [1.54, 1.807) is 25.1 Å². The molecule has 1 fully saturated rings. The molecule has 0 saturated carbocycles. The van der Waals surface area contributed by atoms with Crippen LogP contribution in [0.4, 0.5) is 0 Å². The van der Waals surface area contributed by atoms with Crippen molar-refractivity contribution in [3.05, 3.63) is 41.5 Å². The number of rotatable bonds is 8. The zero-order valence-corrected chi connectivity index (χ0v) is 23.0. The molecular weight excluding hydrogens is 454 g/mol. The molecule has 1 aliphatic rings. The van der Waals surface area contributed by atoms with Crippen molar-refractivity contribution in [3.8, 4) is 5.75 Å². The first-order valence-corrected chi connectivity index (χ1v) is 10.0. The van der Waals surface area contributed by atoms with Gasteiger partial charge in [-0.15, -0.1) is 0 Å². The molecule has 11 heteroatoms. The van der Waals surface area contributed by atoms with E-state index in [9.17, 15) is 30.0 Å². The van der Waals surface area contributed by atoms with Gasteiger partial charge in [0.15, 0.2) is 0 Å². The summed E-state index contributed by atoms with van der Waals surface area (Å²) in [6.45, 7) is 1.80. The third kappa shape index (κ3) is 7.14. The summed E-state index contributed by atoms with van der Waals surface area (Å²) in [4.78, 5) is 22.0. The van der Waals surface area contributed by atoms with E-state index in [-0.39, 0.29) is 77.7 Å². The third-order valence-electron chi connectivity index (χ3n) is 5.45. The number of carboxylic acid groups (broad SMARTS) is 2. The van der Waals surface area contributed by atoms with E-state index < -0.39 is 42.5 Å². The summed E-state index contributed by atoms with van der Waals surface area (Å²) >= 11 is 0. The average Bonchev–Trinajstić information content (AvgIpc) is 2.73. The summed E-state index contributed by atoms with van der Waals surface area (Å²) in [6, 6.07) is 7.81. The van der Waals surface area contributed by atoms with Crippen LogP contribution in [-0.4, -0.2) is 128 Å². The smallest absolute Gasteiger partial charge is 0.335 e. The van der Waals surface area contributed by atoms with Crippen LogP contribution < -0.4 is 4.74 Å². The maximum Gasteiger partial charge on any atom is 0.335 e. The quantitative estimate of drug-likeness (QED) is 0.274. The molecule has 2 radical (unpaired) electrons. The topological polar surface area (TPSA) is 154 Å². The van der Waals surface area contributed by atoms with Gasteiger partial charge in [0, 0.05) is 71.1 Å².